The first kappa shape index (κ1) is 11.9. The lowest BCUT2D eigenvalue weighted by Crippen LogP contribution is -2.13. The SMILES string of the molecule is C#CCCC(=O)C(=CC(=O)O)C(=O)O. The summed E-state index contributed by atoms with van der Waals surface area (Å²) in [6.07, 6.45) is 5.15. The first-order valence-electron chi connectivity index (χ1n) is 3.63. The molecule has 74 valence electrons. The number of carboxylic acid groups (broad SMARTS) is 2. The molecule has 0 spiro atoms. The number of Topliss-reactive ketones (excluding diaryl/α,β-unsaturated/α-hetero) is 1. The molecule has 0 saturated heterocycles. The minimum absolute atomic E-state index is 0.0864. The van der Waals surface area contributed by atoms with Gasteiger partial charge in [0.15, 0.2) is 5.78 Å². The molecule has 0 heterocycles. The maximum absolute atomic E-state index is 11.1. The molecule has 2 N–H and O–H groups in total. The second-order valence-corrected chi connectivity index (χ2v) is 2.33. The van der Waals surface area contributed by atoms with Crippen LogP contribution in [0.15, 0.2) is 11.6 Å². The summed E-state index contributed by atoms with van der Waals surface area (Å²) in [5.41, 5.74) is -0.757. The van der Waals surface area contributed by atoms with E-state index in [9.17, 15) is 14.4 Å². The van der Waals surface area contributed by atoms with Crippen molar-refractivity contribution in [1.82, 2.24) is 0 Å². The summed E-state index contributed by atoms with van der Waals surface area (Å²) in [7, 11) is 0. The smallest absolute Gasteiger partial charge is 0.339 e. The van der Waals surface area contributed by atoms with Crippen molar-refractivity contribution in [2.75, 3.05) is 0 Å². The van der Waals surface area contributed by atoms with Gasteiger partial charge in [0.25, 0.3) is 0 Å². The average molecular weight is 196 g/mol. The predicted octanol–water partition coefficient (Wildman–Crippen LogP) is 0.0645. The molecule has 0 aromatic heterocycles. The minimum Gasteiger partial charge on any atom is -0.478 e. The lowest BCUT2D eigenvalue weighted by Gasteiger charge is -1.97. The highest BCUT2D eigenvalue weighted by atomic mass is 16.4. The van der Waals surface area contributed by atoms with Crippen LogP contribution in [0.2, 0.25) is 0 Å². The third-order valence-corrected chi connectivity index (χ3v) is 1.30. The van der Waals surface area contributed by atoms with Crippen LogP contribution in [0.5, 0.6) is 0 Å². The normalized spacial score (nSPS) is 10.4. The zero-order chi connectivity index (χ0) is 11.1. The Kier molecular flexibility index (Phi) is 4.71. The second-order valence-electron chi connectivity index (χ2n) is 2.33. The number of carboxylic acids is 2. The summed E-state index contributed by atoms with van der Waals surface area (Å²) in [5.74, 6) is -1.66. The molecule has 0 aliphatic rings. The molecule has 0 aromatic rings. The Morgan fingerprint density at radius 3 is 2.21 bits per heavy atom. The van der Waals surface area contributed by atoms with Crippen LogP contribution in [-0.4, -0.2) is 27.9 Å². The van der Waals surface area contributed by atoms with Gasteiger partial charge in [0, 0.05) is 18.9 Å². The number of rotatable bonds is 5. The van der Waals surface area contributed by atoms with Crippen molar-refractivity contribution < 1.29 is 24.6 Å². The topological polar surface area (TPSA) is 91.7 Å². The quantitative estimate of drug-likeness (QED) is 0.281. The van der Waals surface area contributed by atoms with Gasteiger partial charge in [-0.05, 0) is 0 Å². The van der Waals surface area contributed by atoms with Gasteiger partial charge in [-0.15, -0.1) is 12.3 Å². The maximum atomic E-state index is 11.1. The highest BCUT2D eigenvalue weighted by Gasteiger charge is 2.17. The standard InChI is InChI=1S/C9H8O5/c1-2-3-4-7(10)6(9(13)14)5-8(11)12/h1,5H,3-4H2,(H,11,12)(H,13,14). The maximum Gasteiger partial charge on any atom is 0.339 e. The number of ketones is 1. The Morgan fingerprint density at radius 1 is 1.29 bits per heavy atom. The lowest BCUT2D eigenvalue weighted by molar-refractivity contribution is -0.137. The Hall–Kier alpha value is -2.09. The Labute approximate surface area is 80.0 Å². The zero-order valence-electron chi connectivity index (χ0n) is 7.19. The van der Waals surface area contributed by atoms with E-state index < -0.39 is 23.3 Å². The van der Waals surface area contributed by atoms with E-state index in [0.717, 1.165) is 0 Å². The molecule has 5 heteroatoms. The fraction of sp³-hybridized carbons (Fsp3) is 0.222. The van der Waals surface area contributed by atoms with E-state index in [1.54, 1.807) is 0 Å². The monoisotopic (exact) mass is 196 g/mol. The van der Waals surface area contributed by atoms with E-state index in [0.29, 0.717) is 6.08 Å². The summed E-state index contributed by atoms with van der Waals surface area (Å²) in [6.45, 7) is 0. The fourth-order valence-corrected chi connectivity index (χ4v) is 0.705. The first-order valence-corrected chi connectivity index (χ1v) is 3.63. The van der Waals surface area contributed by atoms with Gasteiger partial charge in [0.05, 0.1) is 0 Å². The first-order chi connectivity index (χ1) is 6.49. The van der Waals surface area contributed by atoms with Crippen LogP contribution in [-0.2, 0) is 14.4 Å². The number of terminal acetylenes is 1. The molecular weight excluding hydrogens is 188 g/mol. The van der Waals surface area contributed by atoms with Gasteiger partial charge in [0.2, 0.25) is 0 Å². The predicted molar refractivity (Wildman–Crippen MR) is 46.4 cm³/mol. The molecule has 0 aliphatic carbocycles. The van der Waals surface area contributed by atoms with Crippen molar-refractivity contribution in [2.24, 2.45) is 0 Å². The molecule has 0 amide bonds. The highest BCUT2D eigenvalue weighted by Crippen LogP contribution is 2.02. The third-order valence-electron chi connectivity index (χ3n) is 1.30. The van der Waals surface area contributed by atoms with Gasteiger partial charge in [-0.3, -0.25) is 4.79 Å². The van der Waals surface area contributed by atoms with Crippen molar-refractivity contribution in [3.05, 3.63) is 11.6 Å². The summed E-state index contributed by atoms with van der Waals surface area (Å²) in [5, 5.41) is 16.8. The summed E-state index contributed by atoms with van der Waals surface area (Å²) >= 11 is 0. The Morgan fingerprint density at radius 2 is 1.86 bits per heavy atom. The van der Waals surface area contributed by atoms with E-state index in [1.165, 1.54) is 0 Å². The van der Waals surface area contributed by atoms with Crippen LogP contribution >= 0.6 is 0 Å². The van der Waals surface area contributed by atoms with Crippen molar-refractivity contribution in [3.8, 4) is 12.3 Å². The van der Waals surface area contributed by atoms with Gasteiger partial charge in [-0.25, -0.2) is 9.59 Å². The van der Waals surface area contributed by atoms with Gasteiger partial charge < -0.3 is 10.2 Å². The van der Waals surface area contributed by atoms with Gasteiger partial charge in [0.1, 0.15) is 5.57 Å². The van der Waals surface area contributed by atoms with Crippen LogP contribution in [0, 0.1) is 12.3 Å². The molecular formula is C9H8O5. The van der Waals surface area contributed by atoms with Crippen molar-refractivity contribution >= 4 is 17.7 Å². The van der Waals surface area contributed by atoms with E-state index in [2.05, 4.69) is 5.92 Å². The van der Waals surface area contributed by atoms with Crippen LogP contribution in [0.25, 0.3) is 0 Å². The molecule has 0 bridgehead atoms. The van der Waals surface area contributed by atoms with Crippen LogP contribution < -0.4 is 0 Å². The number of hydrogen-bond donors (Lipinski definition) is 2. The van der Waals surface area contributed by atoms with E-state index in [1.807, 2.05) is 0 Å². The highest BCUT2D eigenvalue weighted by molar-refractivity contribution is 6.19. The molecule has 0 aliphatic heterocycles. The molecule has 0 rings (SSSR count). The fourth-order valence-electron chi connectivity index (χ4n) is 0.705. The van der Waals surface area contributed by atoms with Gasteiger partial charge in [-0.1, -0.05) is 0 Å². The lowest BCUT2D eigenvalue weighted by atomic mass is 10.1. The summed E-state index contributed by atoms with van der Waals surface area (Å²) in [4.78, 5) is 31.7. The number of carbonyl (C=O) groups is 3. The van der Waals surface area contributed by atoms with Crippen LogP contribution in [0.1, 0.15) is 12.8 Å². The van der Waals surface area contributed by atoms with E-state index in [-0.39, 0.29) is 12.8 Å². The number of aliphatic carboxylic acids is 2. The molecule has 0 saturated carbocycles. The van der Waals surface area contributed by atoms with E-state index >= 15 is 0 Å². The summed E-state index contributed by atoms with van der Waals surface area (Å²) in [6, 6.07) is 0. The summed E-state index contributed by atoms with van der Waals surface area (Å²) < 4.78 is 0. The Bertz CT molecular complexity index is 332. The van der Waals surface area contributed by atoms with Crippen LogP contribution in [0.4, 0.5) is 0 Å². The molecule has 0 radical (unpaired) electrons. The number of carbonyl (C=O) groups excluding carboxylic acids is 1. The molecule has 0 unspecified atom stereocenters. The van der Waals surface area contributed by atoms with Gasteiger partial charge in [-0.2, -0.15) is 0 Å². The van der Waals surface area contributed by atoms with Crippen molar-refractivity contribution in [3.63, 3.8) is 0 Å². The van der Waals surface area contributed by atoms with Crippen molar-refractivity contribution in [2.45, 2.75) is 12.8 Å². The van der Waals surface area contributed by atoms with Crippen molar-refractivity contribution in [1.29, 1.82) is 0 Å². The molecule has 0 fully saturated rings. The van der Waals surface area contributed by atoms with Crippen LogP contribution in [0.3, 0.4) is 0 Å². The average Bonchev–Trinajstić information content (AvgIpc) is 2.09. The zero-order valence-corrected chi connectivity index (χ0v) is 7.19. The minimum atomic E-state index is -1.56. The molecule has 0 atom stereocenters. The largest absolute Gasteiger partial charge is 0.478 e. The van der Waals surface area contributed by atoms with E-state index in [4.69, 9.17) is 16.6 Å². The molecule has 14 heavy (non-hydrogen) atoms. The second kappa shape index (κ2) is 5.54. The number of hydrogen-bond acceptors (Lipinski definition) is 3. The van der Waals surface area contributed by atoms with Gasteiger partial charge >= 0.3 is 11.9 Å². The third kappa shape index (κ3) is 4.07. The molecule has 0 aromatic carbocycles. The molecule has 5 nitrogen and oxygen atoms in total. The Balaban J connectivity index is 4.69.